The zero-order valence-corrected chi connectivity index (χ0v) is 15.9. The molecule has 2 aromatic rings. The Morgan fingerprint density at radius 1 is 1.15 bits per heavy atom. The Labute approximate surface area is 155 Å². The standard InChI is InChI=1S/C22H26N2O2/c1-5-17-8-6-7-15(3)21(17)24-13-18(12-20(24)25)22(26)23-19-10-9-14(2)11-16(19)4/h6-11,18H,5,12-13H2,1-4H3,(H,23,26). The molecule has 0 radical (unpaired) electrons. The average Bonchev–Trinajstić information content (AvgIpc) is 2.98. The average molecular weight is 350 g/mol. The number of carbonyl (C=O) groups is 2. The summed E-state index contributed by atoms with van der Waals surface area (Å²) >= 11 is 0. The molecule has 1 saturated heterocycles. The number of nitrogens with zero attached hydrogens (tertiary/aromatic N) is 1. The fourth-order valence-electron chi connectivity index (χ4n) is 3.68. The first-order valence-corrected chi connectivity index (χ1v) is 9.17. The van der Waals surface area contributed by atoms with Gasteiger partial charge >= 0.3 is 0 Å². The molecular formula is C22H26N2O2. The smallest absolute Gasteiger partial charge is 0.229 e. The van der Waals surface area contributed by atoms with Gasteiger partial charge in [0.2, 0.25) is 11.8 Å². The Kier molecular flexibility index (Phi) is 5.12. The highest BCUT2D eigenvalue weighted by Gasteiger charge is 2.36. The molecule has 1 heterocycles. The van der Waals surface area contributed by atoms with E-state index in [1.54, 1.807) is 4.90 Å². The number of amides is 2. The van der Waals surface area contributed by atoms with Gasteiger partial charge in [0.1, 0.15) is 0 Å². The van der Waals surface area contributed by atoms with E-state index in [9.17, 15) is 9.59 Å². The van der Waals surface area contributed by atoms with Crippen molar-refractivity contribution in [1.82, 2.24) is 0 Å². The maximum Gasteiger partial charge on any atom is 0.229 e. The van der Waals surface area contributed by atoms with Gasteiger partial charge < -0.3 is 10.2 Å². The monoisotopic (exact) mass is 350 g/mol. The molecule has 4 heteroatoms. The second kappa shape index (κ2) is 7.32. The predicted octanol–water partition coefficient (Wildman–Crippen LogP) is 4.17. The number of rotatable bonds is 4. The van der Waals surface area contributed by atoms with Crippen LogP contribution in [0.3, 0.4) is 0 Å². The van der Waals surface area contributed by atoms with Crippen molar-refractivity contribution in [2.24, 2.45) is 5.92 Å². The molecule has 0 aliphatic carbocycles. The highest BCUT2D eigenvalue weighted by molar-refractivity contribution is 6.04. The fraction of sp³-hybridized carbons (Fsp3) is 0.364. The van der Waals surface area contributed by atoms with Gasteiger partial charge in [-0.15, -0.1) is 0 Å². The molecule has 1 fully saturated rings. The Morgan fingerprint density at radius 3 is 2.62 bits per heavy atom. The Hall–Kier alpha value is -2.62. The van der Waals surface area contributed by atoms with Crippen LogP contribution in [-0.2, 0) is 16.0 Å². The van der Waals surface area contributed by atoms with Crippen molar-refractivity contribution in [2.45, 2.75) is 40.5 Å². The number of nitrogens with one attached hydrogen (secondary N) is 1. The number of para-hydroxylation sites is 1. The summed E-state index contributed by atoms with van der Waals surface area (Å²) in [5.74, 6) is -0.387. The van der Waals surface area contributed by atoms with Crippen molar-refractivity contribution in [2.75, 3.05) is 16.8 Å². The van der Waals surface area contributed by atoms with E-state index >= 15 is 0 Å². The van der Waals surface area contributed by atoms with Crippen LogP contribution < -0.4 is 10.2 Å². The second-order valence-electron chi connectivity index (χ2n) is 7.15. The summed E-state index contributed by atoms with van der Waals surface area (Å²) in [6.07, 6.45) is 1.12. The van der Waals surface area contributed by atoms with Gasteiger partial charge in [-0.1, -0.05) is 42.8 Å². The molecule has 1 N–H and O–H groups in total. The molecule has 1 aliphatic rings. The van der Waals surface area contributed by atoms with Crippen LogP contribution in [-0.4, -0.2) is 18.4 Å². The number of hydrogen-bond acceptors (Lipinski definition) is 2. The zero-order valence-electron chi connectivity index (χ0n) is 15.9. The van der Waals surface area contributed by atoms with Gasteiger partial charge in [0.05, 0.1) is 5.92 Å². The first-order chi connectivity index (χ1) is 12.4. The van der Waals surface area contributed by atoms with Gasteiger partial charge in [0.15, 0.2) is 0 Å². The van der Waals surface area contributed by atoms with Gasteiger partial charge in [-0.3, -0.25) is 9.59 Å². The van der Waals surface area contributed by atoms with Gasteiger partial charge in [0.25, 0.3) is 0 Å². The Bertz CT molecular complexity index is 857. The second-order valence-corrected chi connectivity index (χ2v) is 7.15. The van der Waals surface area contributed by atoms with Crippen LogP contribution in [0.1, 0.15) is 35.6 Å². The largest absolute Gasteiger partial charge is 0.326 e. The summed E-state index contributed by atoms with van der Waals surface area (Å²) < 4.78 is 0. The fourth-order valence-corrected chi connectivity index (χ4v) is 3.68. The van der Waals surface area contributed by atoms with Crippen molar-refractivity contribution in [3.63, 3.8) is 0 Å². The summed E-state index contributed by atoms with van der Waals surface area (Å²) in [6, 6.07) is 12.0. The SMILES string of the molecule is CCc1cccc(C)c1N1CC(C(=O)Nc2ccc(C)cc2C)CC1=O. The minimum absolute atomic E-state index is 0.0229. The molecule has 1 atom stereocenters. The molecule has 4 nitrogen and oxygen atoms in total. The summed E-state index contributed by atoms with van der Waals surface area (Å²) in [5, 5.41) is 3.00. The summed E-state index contributed by atoms with van der Waals surface area (Å²) in [4.78, 5) is 27.1. The van der Waals surface area contributed by atoms with Crippen LogP contribution in [0.5, 0.6) is 0 Å². The van der Waals surface area contributed by atoms with E-state index in [0.29, 0.717) is 6.54 Å². The molecule has 0 bridgehead atoms. The molecule has 26 heavy (non-hydrogen) atoms. The molecule has 1 aliphatic heterocycles. The lowest BCUT2D eigenvalue weighted by atomic mass is 10.0. The maximum absolute atomic E-state index is 12.7. The van der Waals surface area contributed by atoms with Crippen LogP contribution in [0.2, 0.25) is 0 Å². The molecule has 2 amide bonds. The van der Waals surface area contributed by atoms with Crippen molar-refractivity contribution in [3.8, 4) is 0 Å². The molecule has 0 spiro atoms. The van der Waals surface area contributed by atoms with E-state index in [-0.39, 0.29) is 24.2 Å². The third-order valence-electron chi connectivity index (χ3n) is 5.11. The van der Waals surface area contributed by atoms with Gasteiger partial charge in [-0.2, -0.15) is 0 Å². The van der Waals surface area contributed by atoms with Gasteiger partial charge in [0, 0.05) is 24.3 Å². The number of anilines is 2. The van der Waals surface area contributed by atoms with Gasteiger partial charge in [-0.05, 0) is 49.9 Å². The highest BCUT2D eigenvalue weighted by Crippen LogP contribution is 2.32. The molecule has 0 aromatic heterocycles. The van der Waals surface area contributed by atoms with Crippen LogP contribution in [0.25, 0.3) is 0 Å². The third-order valence-corrected chi connectivity index (χ3v) is 5.11. The number of benzene rings is 2. The quantitative estimate of drug-likeness (QED) is 0.900. The molecule has 3 rings (SSSR count). The third kappa shape index (κ3) is 3.50. The lowest BCUT2D eigenvalue weighted by Crippen LogP contribution is -2.29. The van der Waals surface area contributed by atoms with E-state index in [0.717, 1.165) is 40.0 Å². The number of aryl methyl sites for hydroxylation is 4. The summed E-state index contributed by atoms with van der Waals surface area (Å²) in [5.41, 5.74) is 6.21. The van der Waals surface area contributed by atoms with Crippen molar-refractivity contribution < 1.29 is 9.59 Å². The Balaban J connectivity index is 1.78. The Morgan fingerprint density at radius 2 is 1.92 bits per heavy atom. The minimum atomic E-state index is -0.326. The zero-order chi connectivity index (χ0) is 18.8. The molecule has 136 valence electrons. The van der Waals surface area contributed by atoms with E-state index in [1.807, 2.05) is 51.1 Å². The molecule has 1 unspecified atom stereocenters. The van der Waals surface area contributed by atoms with Crippen LogP contribution in [0.4, 0.5) is 11.4 Å². The molecular weight excluding hydrogens is 324 g/mol. The van der Waals surface area contributed by atoms with Crippen molar-refractivity contribution in [3.05, 3.63) is 58.7 Å². The highest BCUT2D eigenvalue weighted by atomic mass is 16.2. The normalized spacial score (nSPS) is 16.8. The van der Waals surface area contributed by atoms with E-state index < -0.39 is 0 Å². The van der Waals surface area contributed by atoms with E-state index in [1.165, 1.54) is 0 Å². The summed E-state index contributed by atoms with van der Waals surface area (Å²) in [6.45, 7) is 8.55. The van der Waals surface area contributed by atoms with Crippen molar-refractivity contribution >= 4 is 23.2 Å². The van der Waals surface area contributed by atoms with Crippen molar-refractivity contribution in [1.29, 1.82) is 0 Å². The molecule has 0 saturated carbocycles. The lowest BCUT2D eigenvalue weighted by molar-refractivity contribution is -0.122. The number of hydrogen-bond donors (Lipinski definition) is 1. The summed E-state index contributed by atoms with van der Waals surface area (Å²) in [7, 11) is 0. The van der Waals surface area contributed by atoms with E-state index in [4.69, 9.17) is 0 Å². The number of carbonyl (C=O) groups excluding carboxylic acids is 2. The first kappa shape index (κ1) is 18.2. The van der Waals surface area contributed by atoms with Crippen LogP contribution >= 0.6 is 0 Å². The lowest BCUT2D eigenvalue weighted by Gasteiger charge is -2.22. The van der Waals surface area contributed by atoms with Gasteiger partial charge in [-0.25, -0.2) is 0 Å². The minimum Gasteiger partial charge on any atom is -0.326 e. The topological polar surface area (TPSA) is 49.4 Å². The van der Waals surface area contributed by atoms with Crippen LogP contribution in [0, 0.1) is 26.7 Å². The maximum atomic E-state index is 12.7. The predicted molar refractivity (Wildman–Crippen MR) is 106 cm³/mol. The van der Waals surface area contributed by atoms with E-state index in [2.05, 4.69) is 18.3 Å². The van der Waals surface area contributed by atoms with Crippen LogP contribution in [0.15, 0.2) is 36.4 Å². The molecule has 2 aromatic carbocycles. The first-order valence-electron chi connectivity index (χ1n) is 9.17.